The molecular weight excluding hydrogens is 306 g/mol. The van der Waals surface area contributed by atoms with Gasteiger partial charge in [0.1, 0.15) is 11.6 Å². The number of nitrogens with zero attached hydrogens (tertiary/aromatic N) is 2. The number of carbonyl (C=O) groups is 1. The van der Waals surface area contributed by atoms with Gasteiger partial charge >= 0.3 is 0 Å². The molecule has 7 nitrogen and oxygen atoms in total. The average Bonchev–Trinajstić information content (AvgIpc) is 2.92. The Bertz CT molecular complexity index is 738. The van der Waals surface area contributed by atoms with Crippen molar-refractivity contribution >= 4 is 11.9 Å². The Kier molecular flexibility index (Phi) is 3.95. The van der Waals surface area contributed by atoms with Crippen molar-refractivity contribution in [2.45, 2.75) is 32.1 Å². The minimum Gasteiger partial charge on any atom is -0.497 e. The summed E-state index contributed by atoms with van der Waals surface area (Å²) < 4.78 is 5.20. The summed E-state index contributed by atoms with van der Waals surface area (Å²) in [5.74, 6) is 1.72. The van der Waals surface area contributed by atoms with Gasteiger partial charge < -0.3 is 15.8 Å². The van der Waals surface area contributed by atoms with Crippen LogP contribution in [-0.4, -0.2) is 34.7 Å². The lowest BCUT2D eigenvalue weighted by Crippen LogP contribution is -2.38. The number of carbonyl (C=O) groups excluding carboxylic acids is 1. The molecule has 1 aliphatic carbocycles. The third kappa shape index (κ3) is 2.70. The van der Waals surface area contributed by atoms with Crippen LogP contribution in [0.2, 0.25) is 0 Å². The summed E-state index contributed by atoms with van der Waals surface area (Å²) in [6.45, 7) is 4.73. The van der Waals surface area contributed by atoms with Crippen molar-refractivity contribution in [3.63, 3.8) is 0 Å². The molecule has 0 aliphatic heterocycles. The first-order chi connectivity index (χ1) is 11.4. The molecule has 1 heterocycles. The summed E-state index contributed by atoms with van der Waals surface area (Å²) >= 11 is 0. The number of anilines is 1. The molecule has 7 heteroatoms. The van der Waals surface area contributed by atoms with E-state index in [4.69, 9.17) is 10.5 Å². The van der Waals surface area contributed by atoms with Crippen LogP contribution in [0.5, 0.6) is 5.75 Å². The number of benzene rings is 1. The number of rotatable bonds is 6. The number of methoxy groups -OCH3 is 1. The number of nitrogens with one attached hydrogen (secondary N) is 2. The van der Waals surface area contributed by atoms with Gasteiger partial charge in [-0.1, -0.05) is 26.0 Å². The average molecular weight is 329 g/mol. The Labute approximate surface area is 141 Å². The third-order valence-corrected chi connectivity index (χ3v) is 4.90. The molecule has 1 atom stereocenters. The lowest BCUT2D eigenvalue weighted by molar-refractivity contribution is -0.124. The predicted molar refractivity (Wildman–Crippen MR) is 90.6 cm³/mol. The van der Waals surface area contributed by atoms with E-state index in [1.165, 1.54) is 0 Å². The summed E-state index contributed by atoms with van der Waals surface area (Å²) in [7, 11) is 1.63. The summed E-state index contributed by atoms with van der Waals surface area (Å²) in [5.41, 5.74) is 5.94. The Balaban J connectivity index is 1.69. The molecule has 1 aromatic heterocycles. The quantitative estimate of drug-likeness (QED) is 0.743. The maximum Gasteiger partial charge on any atom is 0.239 e. The molecule has 0 bridgehead atoms. The van der Waals surface area contributed by atoms with Gasteiger partial charge in [0.2, 0.25) is 11.9 Å². The van der Waals surface area contributed by atoms with Gasteiger partial charge in [-0.25, -0.2) is 0 Å². The van der Waals surface area contributed by atoms with Gasteiger partial charge in [0.05, 0.1) is 12.5 Å². The van der Waals surface area contributed by atoms with Crippen molar-refractivity contribution in [1.29, 1.82) is 0 Å². The lowest BCUT2D eigenvalue weighted by Gasteiger charge is -2.21. The van der Waals surface area contributed by atoms with Gasteiger partial charge in [-0.2, -0.15) is 4.98 Å². The number of aromatic amines is 1. The zero-order valence-corrected chi connectivity index (χ0v) is 14.2. The minimum absolute atomic E-state index is 0.0464. The second kappa shape index (κ2) is 5.81. The highest BCUT2D eigenvalue weighted by molar-refractivity contribution is 5.93. The number of aromatic nitrogens is 3. The van der Waals surface area contributed by atoms with Gasteiger partial charge in [-0.15, -0.1) is 5.10 Å². The molecule has 24 heavy (non-hydrogen) atoms. The predicted octanol–water partition coefficient (Wildman–Crippen LogP) is 1.42. The maximum atomic E-state index is 12.9. The number of amides is 1. The smallest absolute Gasteiger partial charge is 0.239 e. The molecule has 1 saturated carbocycles. The Hall–Kier alpha value is -2.57. The molecule has 3 rings (SSSR count). The SMILES string of the molecule is COc1ccc(C2(C(=O)NCCc3nc(N)n[nH]3)CC2(C)C)cc1. The van der Waals surface area contributed by atoms with Crippen LogP contribution in [0.15, 0.2) is 24.3 Å². The van der Waals surface area contributed by atoms with Gasteiger partial charge in [0, 0.05) is 13.0 Å². The highest BCUT2D eigenvalue weighted by atomic mass is 16.5. The molecule has 1 aliphatic rings. The van der Waals surface area contributed by atoms with E-state index in [2.05, 4.69) is 34.3 Å². The minimum atomic E-state index is -0.486. The Morgan fingerprint density at radius 3 is 2.54 bits per heavy atom. The van der Waals surface area contributed by atoms with Gasteiger partial charge in [0.25, 0.3) is 0 Å². The summed E-state index contributed by atoms with van der Waals surface area (Å²) in [5, 5.41) is 9.55. The lowest BCUT2D eigenvalue weighted by atomic mass is 9.87. The first-order valence-corrected chi connectivity index (χ1v) is 7.99. The van der Waals surface area contributed by atoms with Crippen molar-refractivity contribution in [2.75, 3.05) is 19.4 Å². The molecule has 1 aromatic carbocycles. The van der Waals surface area contributed by atoms with E-state index in [9.17, 15) is 4.79 Å². The van der Waals surface area contributed by atoms with Crippen LogP contribution >= 0.6 is 0 Å². The molecular formula is C17H23N5O2. The monoisotopic (exact) mass is 329 g/mol. The summed E-state index contributed by atoms with van der Waals surface area (Å²) in [6, 6.07) is 7.75. The van der Waals surface area contributed by atoms with E-state index >= 15 is 0 Å². The normalized spacial score (nSPS) is 21.3. The highest BCUT2D eigenvalue weighted by Crippen LogP contribution is 2.64. The van der Waals surface area contributed by atoms with Crippen molar-refractivity contribution in [3.05, 3.63) is 35.7 Å². The van der Waals surface area contributed by atoms with E-state index in [1.54, 1.807) is 7.11 Å². The molecule has 128 valence electrons. The molecule has 0 saturated heterocycles. The number of H-pyrrole nitrogens is 1. The fourth-order valence-corrected chi connectivity index (χ4v) is 3.37. The van der Waals surface area contributed by atoms with E-state index < -0.39 is 5.41 Å². The summed E-state index contributed by atoms with van der Waals surface area (Å²) in [6.07, 6.45) is 1.39. The zero-order valence-electron chi connectivity index (χ0n) is 14.2. The summed E-state index contributed by atoms with van der Waals surface area (Å²) in [4.78, 5) is 16.9. The topological polar surface area (TPSA) is 106 Å². The molecule has 1 fully saturated rings. The second-order valence-corrected chi connectivity index (χ2v) is 6.84. The first-order valence-electron chi connectivity index (χ1n) is 7.99. The van der Waals surface area contributed by atoms with Gasteiger partial charge in [-0.3, -0.25) is 9.89 Å². The van der Waals surface area contributed by atoms with Crippen molar-refractivity contribution in [3.8, 4) is 5.75 Å². The Morgan fingerprint density at radius 1 is 1.38 bits per heavy atom. The maximum absolute atomic E-state index is 12.9. The van der Waals surface area contributed by atoms with Gasteiger partial charge in [0.15, 0.2) is 0 Å². The van der Waals surface area contributed by atoms with Crippen LogP contribution in [0.1, 0.15) is 31.7 Å². The number of hydrogen-bond acceptors (Lipinski definition) is 5. The van der Waals surface area contributed by atoms with E-state index in [-0.39, 0.29) is 17.3 Å². The van der Waals surface area contributed by atoms with E-state index in [0.29, 0.717) is 18.8 Å². The molecule has 2 aromatic rings. The van der Waals surface area contributed by atoms with Crippen molar-refractivity contribution in [1.82, 2.24) is 20.5 Å². The third-order valence-electron chi connectivity index (χ3n) is 4.90. The first kappa shape index (κ1) is 16.3. The number of ether oxygens (including phenoxy) is 1. The molecule has 1 unspecified atom stereocenters. The zero-order chi connectivity index (χ0) is 17.4. The standard InChI is InChI=1S/C17H23N5O2/c1-16(2)10-17(16,11-4-6-12(24-3)7-5-11)14(23)19-9-8-13-20-15(18)22-21-13/h4-7H,8-10H2,1-3H3,(H,19,23)(H3,18,20,21,22). The second-order valence-electron chi connectivity index (χ2n) is 6.84. The fraction of sp³-hybridized carbons (Fsp3) is 0.471. The number of nitrogen functional groups attached to an aromatic ring is 1. The van der Waals surface area contributed by atoms with Crippen LogP contribution in [0.3, 0.4) is 0 Å². The van der Waals surface area contributed by atoms with Crippen molar-refractivity contribution < 1.29 is 9.53 Å². The molecule has 0 spiro atoms. The van der Waals surface area contributed by atoms with Crippen LogP contribution < -0.4 is 15.8 Å². The van der Waals surface area contributed by atoms with E-state index in [1.807, 2.05) is 24.3 Å². The van der Waals surface area contributed by atoms with Crippen LogP contribution in [-0.2, 0) is 16.6 Å². The molecule has 1 amide bonds. The Morgan fingerprint density at radius 2 is 2.04 bits per heavy atom. The van der Waals surface area contributed by atoms with Crippen molar-refractivity contribution in [2.24, 2.45) is 5.41 Å². The fourth-order valence-electron chi connectivity index (χ4n) is 3.37. The molecule has 4 N–H and O–H groups in total. The van der Waals surface area contributed by atoms with Crippen LogP contribution in [0.25, 0.3) is 0 Å². The molecule has 0 radical (unpaired) electrons. The number of nitrogens with two attached hydrogens (primary N) is 1. The van der Waals surface area contributed by atoms with E-state index in [0.717, 1.165) is 17.7 Å². The number of hydrogen-bond donors (Lipinski definition) is 3. The van der Waals surface area contributed by atoms with Crippen LogP contribution in [0.4, 0.5) is 5.95 Å². The van der Waals surface area contributed by atoms with Crippen LogP contribution in [0, 0.1) is 5.41 Å². The van der Waals surface area contributed by atoms with Gasteiger partial charge in [-0.05, 0) is 29.5 Å². The highest BCUT2D eigenvalue weighted by Gasteiger charge is 2.66. The largest absolute Gasteiger partial charge is 0.497 e.